The molecule has 0 aliphatic carbocycles. The molecule has 0 N–H and O–H groups in total. The molecule has 0 radical (unpaired) electrons. The van der Waals surface area contributed by atoms with E-state index in [1.165, 1.54) is 70.6 Å². The normalized spacial score (nSPS) is 13.5. The van der Waals surface area contributed by atoms with Gasteiger partial charge in [-0.3, -0.25) is 9.59 Å². The van der Waals surface area contributed by atoms with Gasteiger partial charge in [0.15, 0.2) is 6.10 Å². The molecule has 0 fully saturated rings. The van der Waals surface area contributed by atoms with Crippen LogP contribution in [0, 0.1) is 0 Å². The van der Waals surface area contributed by atoms with Gasteiger partial charge in [-0.05, 0) is 51.4 Å². The van der Waals surface area contributed by atoms with E-state index in [9.17, 15) is 19.5 Å². The molecule has 0 heterocycles. The number of aliphatic carboxylic acids is 1. The van der Waals surface area contributed by atoms with E-state index in [-0.39, 0.29) is 49.1 Å². The summed E-state index contributed by atoms with van der Waals surface area (Å²) in [5.41, 5.74) is 0. The Morgan fingerprint density at radius 2 is 1.06 bits per heavy atom. The fourth-order valence-corrected chi connectivity index (χ4v) is 5.53. The van der Waals surface area contributed by atoms with Gasteiger partial charge in [-0.1, -0.05) is 133 Å². The van der Waals surface area contributed by atoms with Crippen molar-refractivity contribution in [3.63, 3.8) is 0 Å². The fraction of sp³-hybridized carbons (Fsp3) is 0.744. The zero-order valence-electron chi connectivity index (χ0n) is 33.3. The third-order valence-corrected chi connectivity index (χ3v) is 8.72. The molecule has 0 saturated heterocycles. The second-order valence-corrected chi connectivity index (χ2v) is 14.5. The first kappa shape index (κ1) is 48.3. The number of allylic oxidation sites excluding steroid dienone is 8. The minimum atomic E-state index is -1.14. The van der Waals surface area contributed by atoms with Crippen LogP contribution >= 0.6 is 0 Å². The summed E-state index contributed by atoms with van der Waals surface area (Å²) in [5, 5.41) is 11.6. The lowest BCUT2D eigenvalue weighted by atomic mass is 10.1. The Morgan fingerprint density at radius 1 is 0.588 bits per heavy atom. The minimum absolute atomic E-state index is 0.0192. The van der Waals surface area contributed by atoms with E-state index in [0.29, 0.717) is 12.8 Å². The molecule has 8 heteroatoms. The summed E-state index contributed by atoms with van der Waals surface area (Å²) in [6.45, 7) is 4.54. The second kappa shape index (κ2) is 34.4. The predicted molar refractivity (Wildman–Crippen MR) is 208 cm³/mol. The van der Waals surface area contributed by atoms with E-state index in [1.807, 2.05) is 0 Å². The SMILES string of the molecule is CCCCC/C=C/C/C=C/C/C=C/C/C=C/CCCC(=O)OC(COCCC(C(=O)[O-])[N+](C)(C)C)COC(=O)CCCCCCCCCCCC. The molecule has 2 unspecified atom stereocenters. The molecule has 0 aromatic carbocycles. The summed E-state index contributed by atoms with van der Waals surface area (Å²) in [6, 6.07) is -0.734. The number of carbonyl (C=O) groups excluding carboxylic acids is 3. The lowest BCUT2D eigenvalue weighted by molar-refractivity contribution is -0.889. The third kappa shape index (κ3) is 32.9. The number of hydrogen-bond acceptors (Lipinski definition) is 7. The standard InChI is InChI=1S/C43H75NO7/c1-6-8-10-12-14-16-18-19-20-21-22-23-24-26-28-30-32-34-42(46)51-39(37-49-36-35-40(43(47)48)44(3,4)5)38-50-41(45)33-31-29-27-25-17-15-13-11-9-7-2/h14,16,19-20,22-23,26,28,39-40H,6-13,15,17-18,21,24-25,27,29-38H2,1-5H3/b16-14+,20-19+,23-22+,28-26+. The smallest absolute Gasteiger partial charge is 0.306 e. The summed E-state index contributed by atoms with van der Waals surface area (Å²) >= 11 is 0. The van der Waals surface area contributed by atoms with Gasteiger partial charge < -0.3 is 28.6 Å². The van der Waals surface area contributed by atoms with Gasteiger partial charge in [-0.15, -0.1) is 0 Å². The van der Waals surface area contributed by atoms with Crippen molar-refractivity contribution in [1.82, 2.24) is 0 Å². The summed E-state index contributed by atoms with van der Waals surface area (Å²) < 4.78 is 17.0. The molecule has 0 amide bonds. The predicted octanol–water partition coefficient (Wildman–Crippen LogP) is 9.13. The first-order valence-electron chi connectivity index (χ1n) is 20.2. The first-order valence-corrected chi connectivity index (χ1v) is 20.2. The van der Waals surface area contributed by atoms with Gasteiger partial charge in [0.25, 0.3) is 0 Å². The highest BCUT2D eigenvalue weighted by Crippen LogP contribution is 2.13. The number of carboxylic acid groups (broad SMARTS) is 1. The quantitative estimate of drug-likeness (QED) is 0.0279. The van der Waals surface area contributed by atoms with Crippen molar-refractivity contribution in [2.24, 2.45) is 0 Å². The Bertz CT molecular complexity index is 979. The van der Waals surface area contributed by atoms with Crippen molar-refractivity contribution >= 4 is 17.9 Å². The molecule has 0 bridgehead atoms. The number of esters is 2. The van der Waals surface area contributed by atoms with E-state index < -0.39 is 18.1 Å². The van der Waals surface area contributed by atoms with Crippen LogP contribution in [0.1, 0.15) is 155 Å². The van der Waals surface area contributed by atoms with Crippen LogP contribution in [0.4, 0.5) is 0 Å². The third-order valence-electron chi connectivity index (χ3n) is 8.72. The summed E-state index contributed by atoms with van der Waals surface area (Å²) in [6.07, 6.45) is 38.5. The van der Waals surface area contributed by atoms with Crippen LogP contribution in [-0.4, -0.2) is 75.5 Å². The summed E-state index contributed by atoms with van der Waals surface area (Å²) in [4.78, 5) is 36.6. The number of ether oxygens (including phenoxy) is 3. The number of hydrogen-bond donors (Lipinski definition) is 0. The number of quaternary nitrogens is 1. The fourth-order valence-electron chi connectivity index (χ4n) is 5.53. The Kier molecular flexibility index (Phi) is 32.6. The largest absolute Gasteiger partial charge is 0.544 e. The maximum atomic E-state index is 12.6. The molecular weight excluding hydrogens is 642 g/mol. The van der Waals surface area contributed by atoms with Crippen LogP contribution in [0.25, 0.3) is 0 Å². The molecule has 0 saturated carbocycles. The van der Waals surface area contributed by atoms with Crippen molar-refractivity contribution < 1.29 is 38.2 Å². The number of likely N-dealkylation sites (N-methyl/N-ethyl adjacent to an activating group) is 1. The van der Waals surface area contributed by atoms with E-state index in [2.05, 4.69) is 62.5 Å². The Labute approximate surface area is 312 Å². The topological polar surface area (TPSA) is 102 Å². The zero-order chi connectivity index (χ0) is 37.8. The highest BCUT2D eigenvalue weighted by Gasteiger charge is 2.25. The van der Waals surface area contributed by atoms with E-state index in [0.717, 1.165) is 44.9 Å². The average Bonchev–Trinajstić information content (AvgIpc) is 3.08. The first-order chi connectivity index (χ1) is 24.6. The Hall–Kier alpha value is -2.71. The van der Waals surface area contributed by atoms with Gasteiger partial charge in [-0.2, -0.15) is 0 Å². The lowest BCUT2D eigenvalue weighted by Gasteiger charge is -2.34. The molecule has 51 heavy (non-hydrogen) atoms. The van der Waals surface area contributed by atoms with Gasteiger partial charge in [0.05, 0.1) is 40.3 Å². The molecule has 0 aliphatic rings. The molecule has 8 nitrogen and oxygen atoms in total. The second-order valence-electron chi connectivity index (χ2n) is 14.5. The van der Waals surface area contributed by atoms with Gasteiger partial charge in [0.2, 0.25) is 0 Å². The molecule has 2 atom stereocenters. The van der Waals surface area contributed by atoms with E-state index >= 15 is 0 Å². The number of nitrogens with zero attached hydrogens (tertiary/aromatic N) is 1. The van der Waals surface area contributed by atoms with Gasteiger partial charge in [0.1, 0.15) is 12.6 Å². The lowest BCUT2D eigenvalue weighted by Crippen LogP contribution is -2.55. The van der Waals surface area contributed by atoms with Crippen molar-refractivity contribution in [3.8, 4) is 0 Å². The van der Waals surface area contributed by atoms with Crippen molar-refractivity contribution in [2.45, 2.75) is 167 Å². The zero-order valence-corrected chi connectivity index (χ0v) is 33.3. The maximum absolute atomic E-state index is 12.6. The summed E-state index contributed by atoms with van der Waals surface area (Å²) in [7, 11) is 5.38. The van der Waals surface area contributed by atoms with Gasteiger partial charge >= 0.3 is 11.9 Å². The van der Waals surface area contributed by atoms with Crippen LogP contribution in [0.5, 0.6) is 0 Å². The minimum Gasteiger partial charge on any atom is -0.544 e. The van der Waals surface area contributed by atoms with E-state index in [1.54, 1.807) is 21.1 Å². The number of carboxylic acids is 1. The van der Waals surface area contributed by atoms with E-state index in [4.69, 9.17) is 14.2 Å². The van der Waals surface area contributed by atoms with Gasteiger partial charge in [0, 0.05) is 19.3 Å². The van der Waals surface area contributed by atoms with Crippen LogP contribution in [0.3, 0.4) is 0 Å². The number of carbonyl (C=O) groups is 3. The molecule has 0 spiro atoms. The molecule has 0 aromatic heterocycles. The highest BCUT2D eigenvalue weighted by atomic mass is 16.6. The van der Waals surface area contributed by atoms with Gasteiger partial charge in [-0.25, -0.2) is 0 Å². The van der Waals surface area contributed by atoms with Crippen LogP contribution in [0.15, 0.2) is 48.6 Å². The van der Waals surface area contributed by atoms with Crippen LogP contribution in [0.2, 0.25) is 0 Å². The van der Waals surface area contributed by atoms with Crippen molar-refractivity contribution in [1.29, 1.82) is 0 Å². The molecule has 294 valence electrons. The Morgan fingerprint density at radius 3 is 1.59 bits per heavy atom. The molecular formula is C43H75NO7. The number of unbranched alkanes of at least 4 members (excludes halogenated alkanes) is 13. The maximum Gasteiger partial charge on any atom is 0.306 e. The van der Waals surface area contributed by atoms with Crippen molar-refractivity contribution in [3.05, 3.63) is 48.6 Å². The Balaban J connectivity index is 4.50. The average molecular weight is 718 g/mol. The van der Waals surface area contributed by atoms with Crippen LogP contribution < -0.4 is 5.11 Å². The highest BCUT2D eigenvalue weighted by molar-refractivity contribution is 5.70. The van der Waals surface area contributed by atoms with Crippen molar-refractivity contribution in [2.75, 3.05) is 41.0 Å². The summed E-state index contributed by atoms with van der Waals surface area (Å²) in [5.74, 6) is -1.81. The molecule has 0 rings (SSSR count). The molecule has 0 aromatic rings. The molecule has 0 aliphatic heterocycles. The van der Waals surface area contributed by atoms with Crippen LogP contribution in [-0.2, 0) is 28.6 Å². The number of rotatable bonds is 35. The monoisotopic (exact) mass is 718 g/mol.